The minimum atomic E-state index is -3.71. The van der Waals surface area contributed by atoms with Gasteiger partial charge in [0, 0.05) is 45.3 Å². The Bertz CT molecular complexity index is 948. The van der Waals surface area contributed by atoms with E-state index in [9.17, 15) is 13.2 Å². The number of ether oxygens (including phenoxy) is 1. The summed E-state index contributed by atoms with van der Waals surface area (Å²) in [6, 6.07) is 4.05. The zero-order valence-corrected chi connectivity index (χ0v) is 22.0. The van der Waals surface area contributed by atoms with E-state index in [1.165, 1.54) is 54.6 Å². The molecular weight excluding hydrogens is 497 g/mol. The van der Waals surface area contributed by atoms with Crippen molar-refractivity contribution in [1.82, 2.24) is 14.1 Å². The number of rotatable bonds is 8. The molecule has 1 atom stereocenters. The van der Waals surface area contributed by atoms with Gasteiger partial charge in [-0.25, -0.2) is 8.42 Å². The van der Waals surface area contributed by atoms with Gasteiger partial charge < -0.3 is 9.64 Å². The number of hydrogen-bond acceptors (Lipinski definition) is 5. The molecule has 0 radical (unpaired) electrons. The highest BCUT2D eigenvalue weighted by molar-refractivity contribution is 7.89. The molecule has 2 saturated heterocycles. The first-order valence-corrected chi connectivity index (χ1v) is 14.6. The minimum Gasteiger partial charge on any atom is -0.370 e. The van der Waals surface area contributed by atoms with E-state index in [1.807, 2.05) is 4.90 Å². The number of benzene rings is 1. The molecule has 0 bridgehead atoms. The van der Waals surface area contributed by atoms with Crippen LogP contribution in [0.5, 0.6) is 0 Å². The van der Waals surface area contributed by atoms with Gasteiger partial charge in [-0.05, 0) is 49.8 Å². The first kappa shape index (κ1) is 26.2. The fourth-order valence-corrected chi connectivity index (χ4v) is 7.42. The van der Waals surface area contributed by atoms with Crippen LogP contribution < -0.4 is 0 Å². The molecule has 2 aliphatic heterocycles. The van der Waals surface area contributed by atoms with E-state index < -0.39 is 10.0 Å². The Morgan fingerprint density at radius 3 is 2.38 bits per heavy atom. The Morgan fingerprint density at radius 2 is 1.68 bits per heavy atom. The predicted molar refractivity (Wildman–Crippen MR) is 134 cm³/mol. The van der Waals surface area contributed by atoms with Gasteiger partial charge in [-0.1, -0.05) is 42.5 Å². The van der Waals surface area contributed by atoms with Crippen LogP contribution >= 0.6 is 23.2 Å². The Kier molecular flexibility index (Phi) is 9.15. The monoisotopic (exact) mass is 531 g/mol. The third-order valence-electron chi connectivity index (χ3n) is 7.32. The normalized spacial score (nSPS) is 23.5. The summed E-state index contributed by atoms with van der Waals surface area (Å²) in [7, 11) is -3.71. The van der Waals surface area contributed by atoms with Crippen molar-refractivity contribution in [3.05, 3.63) is 28.2 Å². The van der Waals surface area contributed by atoms with Crippen molar-refractivity contribution < 1.29 is 17.9 Å². The van der Waals surface area contributed by atoms with Crippen LogP contribution in [0.3, 0.4) is 0 Å². The van der Waals surface area contributed by atoms with Gasteiger partial charge in [-0.2, -0.15) is 4.31 Å². The van der Waals surface area contributed by atoms with E-state index in [1.54, 1.807) is 0 Å². The highest BCUT2D eigenvalue weighted by Crippen LogP contribution is 2.30. The van der Waals surface area contributed by atoms with Gasteiger partial charge in [0.15, 0.2) is 0 Å². The highest BCUT2D eigenvalue weighted by Gasteiger charge is 2.36. The van der Waals surface area contributed by atoms with Gasteiger partial charge >= 0.3 is 0 Å². The largest absolute Gasteiger partial charge is 0.370 e. The van der Waals surface area contributed by atoms with Crippen LogP contribution in [0.1, 0.15) is 44.9 Å². The van der Waals surface area contributed by atoms with Gasteiger partial charge in [-0.15, -0.1) is 0 Å². The average molecular weight is 533 g/mol. The fraction of sp³-hybridized carbons (Fsp3) is 0.708. The predicted octanol–water partition coefficient (Wildman–Crippen LogP) is 3.89. The first-order chi connectivity index (χ1) is 16.3. The first-order valence-electron chi connectivity index (χ1n) is 12.4. The van der Waals surface area contributed by atoms with Crippen molar-refractivity contribution in [1.29, 1.82) is 0 Å². The maximum Gasteiger partial charge on any atom is 0.248 e. The lowest BCUT2D eigenvalue weighted by atomic mass is 9.89. The molecule has 3 aliphatic rings. The Balaban J connectivity index is 1.22. The molecule has 3 fully saturated rings. The number of hydrogen-bond donors (Lipinski definition) is 0. The van der Waals surface area contributed by atoms with Gasteiger partial charge in [-0.3, -0.25) is 9.69 Å². The zero-order valence-electron chi connectivity index (χ0n) is 19.6. The Hall–Kier alpha value is -0.900. The molecule has 34 heavy (non-hydrogen) atoms. The second kappa shape index (κ2) is 11.9. The van der Waals surface area contributed by atoms with E-state index in [0.717, 1.165) is 45.1 Å². The zero-order chi connectivity index (χ0) is 24.1. The lowest BCUT2D eigenvalue weighted by molar-refractivity contribution is -0.138. The maximum absolute atomic E-state index is 13.1. The molecular formula is C24H35Cl2N3O4S. The molecule has 1 aromatic rings. The molecule has 0 N–H and O–H groups in total. The summed E-state index contributed by atoms with van der Waals surface area (Å²) in [5.74, 6) is 0.795. The summed E-state index contributed by atoms with van der Waals surface area (Å²) in [6.45, 7) is 5.07. The third kappa shape index (κ3) is 6.45. The van der Waals surface area contributed by atoms with Crippen molar-refractivity contribution in [3.63, 3.8) is 0 Å². The van der Waals surface area contributed by atoms with Crippen LogP contribution in [0, 0.1) is 5.92 Å². The number of carbonyl (C=O) groups is 1. The summed E-state index contributed by atoms with van der Waals surface area (Å²) in [4.78, 5) is 17.1. The summed E-state index contributed by atoms with van der Waals surface area (Å²) in [5, 5.41) is 0.523. The van der Waals surface area contributed by atoms with Crippen molar-refractivity contribution >= 4 is 39.1 Å². The standard InChI is InChI=1S/C24H35Cl2N3O4S/c25-22-9-8-21(15-23(22)26)34(31,32)29-10-4-7-20(29)17-33-18-24(30)28-13-11-27(12-14-28)16-19-5-2-1-3-6-19/h8-9,15,19-20H,1-7,10-14,16-18H2. The lowest BCUT2D eigenvalue weighted by Gasteiger charge is -2.37. The van der Waals surface area contributed by atoms with Crippen molar-refractivity contribution in [2.24, 2.45) is 5.92 Å². The van der Waals surface area contributed by atoms with Crippen LogP contribution in [-0.2, 0) is 19.6 Å². The quantitative estimate of drug-likeness (QED) is 0.508. The maximum atomic E-state index is 13.1. The number of nitrogens with zero attached hydrogens (tertiary/aromatic N) is 3. The van der Waals surface area contributed by atoms with Crippen LogP contribution in [-0.4, -0.2) is 87.0 Å². The second-order valence-electron chi connectivity index (χ2n) is 9.69. The number of halogens is 2. The molecule has 0 aromatic heterocycles. The topological polar surface area (TPSA) is 70.2 Å². The van der Waals surface area contributed by atoms with Crippen molar-refractivity contribution in [2.75, 3.05) is 52.5 Å². The molecule has 1 aromatic carbocycles. The molecule has 7 nitrogen and oxygen atoms in total. The van der Waals surface area contributed by atoms with Crippen molar-refractivity contribution in [2.45, 2.75) is 55.9 Å². The van der Waals surface area contributed by atoms with E-state index in [4.69, 9.17) is 27.9 Å². The van der Waals surface area contributed by atoms with E-state index in [0.29, 0.717) is 18.0 Å². The molecule has 1 saturated carbocycles. The highest BCUT2D eigenvalue weighted by atomic mass is 35.5. The summed E-state index contributed by atoms with van der Waals surface area (Å²) >= 11 is 12.0. The van der Waals surface area contributed by atoms with E-state index in [-0.39, 0.29) is 35.1 Å². The third-order valence-corrected chi connectivity index (χ3v) is 10.0. The molecule has 2 heterocycles. The van der Waals surface area contributed by atoms with Crippen LogP contribution in [0.25, 0.3) is 0 Å². The Labute approximate surface area is 213 Å². The smallest absolute Gasteiger partial charge is 0.248 e. The minimum absolute atomic E-state index is 0.0141. The number of carbonyl (C=O) groups excluding carboxylic acids is 1. The van der Waals surface area contributed by atoms with Crippen LogP contribution in [0.4, 0.5) is 0 Å². The number of amides is 1. The van der Waals surface area contributed by atoms with Crippen LogP contribution in [0.15, 0.2) is 23.1 Å². The molecule has 0 spiro atoms. The summed E-state index contributed by atoms with van der Waals surface area (Å²) in [6.07, 6.45) is 8.22. The molecule has 1 amide bonds. The van der Waals surface area contributed by atoms with Gasteiger partial charge in [0.2, 0.25) is 15.9 Å². The molecule has 1 aliphatic carbocycles. The lowest BCUT2D eigenvalue weighted by Crippen LogP contribution is -2.51. The molecule has 4 rings (SSSR count). The second-order valence-corrected chi connectivity index (χ2v) is 12.4. The molecule has 10 heteroatoms. The Morgan fingerprint density at radius 1 is 0.941 bits per heavy atom. The van der Waals surface area contributed by atoms with E-state index in [2.05, 4.69) is 4.90 Å². The summed E-state index contributed by atoms with van der Waals surface area (Å²) in [5.41, 5.74) is 0. The van der Waals surface area contributed by atoms with Crippen molar-refractivity contribution in [3.8, 4) is 0 Å². The molecule has 1 unspecified atom stereocenters. The van der Waals surface area contributed by atoms with Crippen LogP contribution in [0.2, 0.25) is 10.0 Å². The number of piperazine rings is 1. The van der Waals surface area contributed by atoms with Gasteiger partial charge in [0.05, 0.1) is 21.5 Å². The summed E-state index contributed by atoms with van der Waals surface area (Å²) < 4.78 is 33.4. The fourth-order valence-electron chi connectivity index (χ4n) is 5.35. The average Bonchev–Trinajstić information content (AvgIpc) is 3.31. The SMILES string of the molecule is O=C(COCC1CCCN1S(=O)(=O)c1ccc(Cl)c(Cl)c1)N1CCN(CC2CCCCC2)CC1. The van der Waals surface area contributed by atoms with Gasteiger partial charge in [0.1, 0.15) is 6.61 Å². The van der Waals surface area contributed by atoms with E-state index >= 15 is 0 Å². The molecule has 190 valence electrons. The van der Waals surface area contributed by atoms with Gasteiger partial charge in [0.25, 0.3) is 0 Å². The number of sulfonamides is 1.